The Balaban J connectivity index is 0.00000225. The van der Waals surface area contributed by atoms with E-state index in [1.165, 1.54) is 4.80 Å². The predicted molar refractivity (Wildman–Crippen MR) is 104 cm³/mol. The number of methoxy groups -OCH3 is 1. The van der Waals surface area contributed by atoms with Gasteiger partial charge in [-0.25, -0.2) is 0 Å². The van der Waals surface area contributed by atoms with Gasteiger partial charge in [0.15, 0.2) is 11.5 Å². The molecular weight excluding hydrogens is 384 g/mol. The third kappa shape index (κ3) is 3.87. The first kappa shape index (κ1) is 20.2. The van der Waals surface area contributed by atoms with Crippen molar-refractivity contribution in [2.45, 2.75) is 31.7 Å². The van der Waals surface area contributed by atoms with Gasteiger partial charge < -0.3 is 19.7 Å². The van der Waals surface area contributed by atoms with E-state index in [4.69, 9.17) is 19.7 Å². The quantitative estimate of drug-likeness (QED) is 0.595. The number of ether oxygens (including phenoxy) is 2. The molecule has 28 heavy (non-hydrogen) atoms. The third-order valence-electron chi connectivity index (χ3n) is 4.73. The maximum absolute atomic E-state index is 6.26. The Morgan fingerprint density at radius 2 is 1.93 bits per heavy atom. The van der Waals surface area contributed by atoms with Crippen molar-refractivity contribution < 1.29 is 14.0 Å². The molecule has 10 heteroatoms. The Bertz CT molecular complexity index is 920. The van der Waals surface area contributed by atoms with Gasteiger partial charge in [-0.2, -0.15) is 14.9 Å². The SMILES string of the molecule is COCCOc1ccc(-n2nc(C)c(-c3nc(C4(N)CCC4)no3)n2)cc1.Cl. The molecule has 2 heterocycles. The lowest BCUT2D eigenvalue weighted by Gasteiger charge is -2.34. The summed E-state index contributed by atoms with van der Waals surface area (Å²) in [5.74, 6) is 1.63. The Morgan fingerprint density at radius 1 is 1.18 bits per heavy atom. The van der Waals surface area contributed by atoms with Crippen LogP contribution in [0.2, 0.25) is 0 Å². The van der Waals surface area contributed by atoms with E-state index >= 15 is 0 Å². The normalized spacial score (nSPS) is 15.0. The average Bonchev–Trinajstić information content (AvgIpc) is 3.27. The Kier molecular flexibility index (Phi) is 5.97. The summed E-state index contributed by atoms with van der Waals surface area (Å²) < 4.78 is 15.9. The summed E-state index contributed by atoms with van der Waals surface area (Å²) in [6, 6.07) is 7.49. The van der Waals surface area contributed by atoms with Gasteiger partial charge in [-0.3, -0.25) is 0 Å². The molecule has 2 aromatic heterocycles. The van der Waals surface area contributed by atoms with Crippen LogP contribution < -0.4 is 10.5 Å². The van der Waals surface area contributed by atoms with Crippen molar-refractivity contribution in [3.63, 3.8) is 0 Å². The van der Waals surface area contributed by atoms with Crippen molar-refractivity contribution in [3.8, 4) is 23.0 Å². The molecule has 0 aliphatic heterocycles. The fraction of sp³-hybridized carbons (Fsp3) is 0.444. The molecule has 1 aliphatic rings. The van der Waals surface area contributed by atoms with Gasteiger partial charge in [-0.15, -0.1) is 17.5 Å². The van der Waals surface area contributed by atoms with Crippen LogP contribution in [-0.2, 0) is 10.3 Å². The lowest BCUT2D eigenvalue weighted by Crippen LogP contribution is -2.44. The van der Waals surface area contributed by atoms with Gasteiger partial charge in [0.2, 0.25) is 0 Å². The van der Waals surface area contributed by atoms with E-state index in [1.54, 1.807) is 7.11 Å². The van der Waals surface area contributed by atoms with E-state index < -0.39 is 5.54 Å². The minimum absolute atomic E-state index is 0. The molecule has 0 bridgehead atoms. The van der Waals surface area contributed by atoms with Crippen LogP contribution in [0.1, 0.15) is 30.8 Å². The van der Waals surface area contributed by atoms with Gasteiger partial charge in [-0.1, -0.05) is 5.16 Å². The highest BCUT2D eigenvalue weighted by molar-refractivity contribution is 5.85. The first-order valence-electron chi connectivity index (χ1n) is 8.89. The van der Waals surface area contributed by atoms with Crippen LogP contribution >= 0.6 is 12.4 Å². The maximum Gasteiger partial charge on any atom is 0.280 e. The van der Waals surface area contributed by atoms with E-state index in [0.29, 0.717) is 36.3 Å². The largest absolute Gasteiger partial charge is 0.491 e. The van der Waals surface area contributed by atoms with Crippen LogP contribution in [-0.4, -0.2) is 45.5 Å². The molecule has 1 fully saturated rings. The van der Waals surface area contributed by atoms with E-state index in [9.17, 15) is 0 Å². The highest BCUT2D eigenvalue weighted by atomic mass is 35.5. The molecule has 0 atom stereocenters. The topological polar surface area (TPSA) is 114 Å². The first-order valence-corrected chi connectivity index (χ1v) is 8.89. The molecule has 0 spiro atoms. The fourth-order valence-corrected chi connectivity index (χ4v) is 2.91. The number of aromatic nitrogens is 5. The highest BCUT2D eigenvalue weighted by Crippen LogP contribution is 2.37. The zero-order chi connectivity index (χ0) is 18.9. The molecule has 2 N–H and O–H groups in total. The molecule has 0 unspecified atom stereocenters. The minimum Gasteiger partial charge on any atom is -0.491 e. The number of hydrogen-bond acceptors (Lipinski definition) is 8. The summed E-state index contributed by atoms with van der Waals surface area (Å²) in [7, 11) is 1.64. The summed E-state index contributed by atoms with van der Waals surface area (Å²) in [5, 5.41) is 13.0. The smallest absolute Gasteiger partial charge is 0.280 e. The summed E-state index contributed by atoms with van der Waals surface area (Å²) in [5.41, 5.74) is 7.85. The zero-order valence-corrected chi connectivity index (χ0v) is 16.6. The minimum atomic E-state index is -0.468. The molecule has 1 saturated carbocycles. The third-order valence-corrected chi connectivity index (χ3v) is 4.73. The lowest BCUT2D eigenvalue weighted by atomic mass is 9.77. The second kappa shape index (κ2) is 8.26. The van der Waals surface area contributed by atoms with Crippen LogP contribution in [0, 0.1) is 6.92 Å². The lowest BCUT2D eigenvalue weighted by molar-refractivity contribution is 0.146. The van der Waals surface area contributed by atoms with Crippen molar-refractivity contribution in [2.24, 2.45) is 5.73 Å². The molecule has 4 rings (SSSR count). The van der Waals surface area contributed by atoms with E-state index in [2.05, 4.69) is 20.3 Å². The van der Waals surface area contributed by atoms with Crippen LogP contribution in [0.15, 0.2) is 28.8 Å². The van der Waals surface area contributed by atoms with Gasteiger partial charge in [0.1, 0.15) is 12.4 Å². The summed E-state index contributed by atoms with van der Waals surface area (Å²) in [4.78, 5) is 5.98. The van der Waals surface area contributed by atoms with Gasteiger partial charge >= 0.3 is 0 Å². The Labute approximate surface area is 168 Å². The maximum atomic E-state index is 6.26. The molecule has 9 nitrogen and oxygen atoms in total. The average molecular weight is 407 g/mol. The monoisotopic (exact) mass is 406 g/mol. The molecule has 1 aliphatic carbocycles. The molecule has 150 valence electrons. The van der Waals surface area contributed by atoms with Gasteiger partial charge in [0, 0.05) is 7.11 Å². The Morgan fingerprint density at radius 3 is 2.57 bits per heavy atom. The summed E-state index contributed by atoms with van der Waals surface area (Å²) >= 11 is 0. The first-order chi connectivity index (χ1) is 13.1. The van der Waals surface area contributed by atoms with Gasteiger partial charge in [0.25, 0.3) is 5.89 Å². The zero-order valence-electron chi connectivity index (χ0n) is 15.8. The number of nitrogens with two attached hydrogens (primary N) is 1. The van der Waals surface area contributed by atoms with Crippen molar-refractivity contribution in [1.82, 2.24) is 25.1 Å². The van der Waals surface area contributed by atoms with Gasteiger partial charge in [0.05, 0.1) is 23.5 Å². The number of rotatable bonds is 7. The number of benzene rings is 1. The molecule has 3 aromatic rings. The number of halogens is 1. The van der Waals surface area contributed by atoms with Crippen LogP contribution in [0.25, 0.3) is 17.3 Å². The van der Waals surface area contributed by atoms with E-state index in [0.717, 1.165) is 30.7 Å². The predicted octanol–water partition coefficient (Wildman–Crippen LogP) is 2.41. The van der Waals surface area contributed by atoms with Crippen LogP contribution in [0.3, 0.4) is 0 Å². The molecule has 1 aromatic carbocycles. The van der Waals surface area contributed by atoms with Crippen molar-refractivity contribution >= 4 is 12.4 Å². The number of aryl methyl sites for hydroxylation is 1. The van der Waals surface area contributed by atoms with Crippen LogP contribution in [0.5, 0.6) is 5.75 Å². The molecule has 0 radical (unpaired) electrons. The second-order valence-electron chi connectivity index (χ2n) is 6.69. The number of nitrogens with zero attached hydrogens (tertiary/aromatic N) is 5. The molecule has 0 amide bonds. The highest BCUT2D eigenvalue weighted by Gasteiger charge is 2.39. The summed E-state index contributed by atoms with van der Waals surface area (Å²) in [6.45, 7) is 2.90. The van der Waals surface area contributed by atoms with E-state index in [-0.39, 0.29) is 12.4 Å². The van der Waals surface area contributed by atoms with Gasteiger partial charge in [-0.05, 0) is 50.5 Å². The Hall–Kier alpha value is -2.49. The standard InChI is InChI=1S/C18H22N6O3.ClH/c1-12-15(16-20-17(23-27-16)18(19)8-3-9-18)22-24(21-12)13-4-6-14(7-5-13)26-11-10-25-2;/h4-7H,3,8-11,19H2,1-2H3;1H. The molecule has 0 saturated heterocycles. The van der Waals surface area contributed by atoms with Crippen molar-refractivity contribution in [3.05, 3.63) is 35.8 Å². The van der Waals surface area contributed by atoms with Crippen molar-refractivity contribution in [2.75, 3.05) is 20.3 Å². The summed E-state index contributed by atoms with van der Waals surface area (Å²) in [6.07, 6.45) is 2.83. The molecular formula is C18H23ClN6O3. The van der Waals surface area contributed by atoms with Crippen molar-refractivity contribution in [1.29, 1.82) is 0 Å². The number of hydrogen-bond donors (Lipinski definition) is 1. The van der Waals surface area contributed by atoms with E-state index in [1.807, 2.05) is 31.2 Å². The second-order valence-corrected chi connectivity index (χ2v) is 6.69. The van der Waals surface area contributed by atoms with Crippen LogP contribution in [0.4, 0.5) is 0 Å². The fourth-order valence-electron chi connectivity index (χ4n) is 2.91.